The molecule has 0 aliphatic rings. The molecule has 0 radical (unpaired) electrons. The molecule has 0 aliphatic carbocycles. The van der Waals surface area contributed by atoms with E-state index in [9.17, 15) is 0 Å². The molecule has 2 heterocycles. The van der Waals surface area contributed by atoms with Gasteiger partial charge in [0.1, 0.15) is 5.03 Å². The van der Waals surface area contributed by atoms with Gasteiger partial charge in [0.2, 0.25) is 5.95 Å². The second-order valence-electron chi connectivity index (χ2n) is 4.07. The molecule has 5 nitrogen and oxygen atoms in total. The molecule has 0 saturated heterocycles. The Morgan fingerprint density at radius 1 is 1.35 bits per heavy atom. The van der Waals surface area contributed by atoms with Gasteiger partial charge in [-0.3, -0.25) is 5.10 Å². The van der Waals surface area contributed by atoms with E-state index in [-0.39, 0.29) is 0 Å². The van der Waals surface area contributed by atoms with Crippen molar-refractivity contribution in [1.29, 1.82) is 0 Å². The Morgan fingerprint density at radius 3 is 3.05 bits per heavy atom. The topological polar surface area (TPSA) is 66.5 Å². The van der Waals surface area contributed by atoms with Crippen molar-refractivity contribution in [1.82, 2.24) is 20.2 Å². The average molecular weight is 350 g/mol. The monoisotopic (exact) mass is 349 g/mol. The molecule has 3 rings (SSSR count). The molecule has 2 N–H and O–H groups in total. The van der Waals surface area contributed by atoms with E-state index in [0.717, 1.165) is 32.0 Å². The predicted molar refractivity (Wildman–Crippen MR) is 84.1 cm³/mol. The van der Waals surface area contributed by atoms with Crippen molar-refractivity contribution in [3.8, 4) is 0 Å². The molecule has 102 valence electrons. The Morgan fingerprint density at radius 2 is 2.25 bits per heavy atom. The molecule has 0 bridgehead atoms. The Hall–Kier alpha value is -1.60. The zero-order chi connectivity index (χ0) is 13.9. The van der Waals surface area contributed by atoms with Crippen molar-refractivity contribution >= 4 is 44.7 Å². The van der Waals surface area contributed by atoms with Crippen molar-refractivity contribution in [2.24, 2.45) is 0 Å². The average Bonchev–Trinajstić information content (AvgIpc) is 2.87. The number of nitrogens with one attached hydrogen (secondary N) is 2. The second kappa shape index (κ2) is 5.80. The number of aromatic amines is 1. The summed E-state index contributed by atoms with van der Waals surface area (Å²) in [6, 6.07) is 8.12. The molecule has 0 saturated carbocycles. The Balaban J connectivity index is 2.02. The van der Waals surface area contributed by atoms with Crippen LogP contribution in [0.3, 0.4) is 0 Å². The summed E-state index contributed by atoms with van der Waals surface area (Å²) in [6.07, 6.45) is 1.76. The number of halogens is 1. The first-order valence-corrected chi connectivity index (χ1v) is 7.75. The van der Waals surface area contributed by atoms with Crippen molar-refractivity contribution in [3.63, 3.8) is 0 Å². The van der Waals surface area contributed by atoms with Crippen LogP contribution in [0.4, 0.5) is 5.95 Å². The van der Waals surface area contributed by atoms with Crippen molar-refractivity contribution < 1.29 is 0 Å². The third kappa shape index (κ3) is 2.78. The summed E-state index contributed by atoms with van der Waals surface area (Å²) >= 11 is 5.07. The molecule has 0 atom stereocenters. The maximum absolute atomic E-state index is 4.55. The van der Waals surface area contributed by atoms with Gasteiger partial charge >= 0.3 is 0 Å². The molecule has 0 spiro atoms. The fourth-order valence-electron chi connectivity index (χ4n) is 1.77. The van der Waals surface area contributed by atoms with Gasteiger partial charge < -0.3 is 5.32 Å². The van der Waals surface area contributed by atoms with Crippen LogP contribution in [0.5, 0.6) is 0 Å². The van der Waals surface area contributed by atoms with Gasteiger partial charge in [-0.1, -0.05) is 33.8 Å². The number of anilines is 1. The van der Waals surface area contributed by atoms with Crippen LogP contribution in [0, 0.1) is 0 Å². The molecule has 2 aromatic heterocycles. The van der Waals surface area contributed by atoms with E-state index in [4.69, 9.17) is 0 Å². The molecule has 1 aromatic carbocycles. The first kappa shape index (κ1) is 13.4. The second-order valence-corrected chi connectivity index (χ2v) is 6.05. The molecular weight excluding hydrogens is 338 g/mol. The minimum Gasteiger partial charge on any atom is -0.354 e. The minimum absolute atomic E-state index is 0.613. The van der Waals surface area contributed by atoms with E-state index >= 15 is 0 Å². The number of aromatic nitrogens is 4. The Kier molecular flexibility index (Phi) is 3.88. The smallest absolute Gasteiger partial charge is 0.225 e. The molecular formula is C13H12BrN5S. The summed E-state index contributed by atoms with van der Waals surface area (Å²) < 4.78 is 1.05. The molecule has 0 aliphatic heterocycles. The fourth-order valence-corrected chi connectivity index (χ4v) is 3.26. The highest BCUT2D eigenvalue weighted by Gasteiger charge is 2.10. The highest BCUT2D eigenvalue weighted by Crippen LogP contribution is 2.32. The van der Waals surface area contributed by atoms with E-state index in [1.807, 2.05) is 19.1 Å². The summed E-state index contributed by atoms with van der Waals surface area (Å²) in [5.74, 6) is 0.613. The number of hydrogen-bond acceptors (Lipinski definition) is 5. The number of fused-ring (bicyclic) bond motifs is 1. The minimum atomic E-state index is 0.613. The van der Waals surface area contributed by atoms with Crippen LogP contribution in [0.2, 0.25) is 0 Å². The number of rotatable bonds is 4. The SMILES string of the molecule is CCNc1nc(Sc2cccc(Br)c2)c2cn[nH]c2n1. The Bertz CT molecular complexity index is 742. The van der Waals surface area contributed by atoms with Crippen LogP contribution in [-0.4, -0.2) is 26.7 Å². The van der Waals surface area contributed by atoms with Gasteiger partial charge in [0.15, 0.2) is 5.65 Å². The van der Waals surface area contributed by atoms with E-state index in [1.54, 1.807) is 18.0 Å². The zero-order valence-electron chi connectivity index (χ0n) is 10.7. The van der Waals surface area contributed by atoms with Crippen LogP contribution in [0.15, 0.2) is 44.9 Å². The summed E-state index contributed by atoms with van der Waals surface area (Å²) in [5, 5.41) is 11.9. The highest BCUT2D eigenvalue weighted by atomic mass is 79.9. The van der Waals surface area contributed by atoms with E-state index in [1.165, 1.54) is 0 Å². The molecule has 7 heteroatoms. The summed E-state index contributed by atoms with van der Waals surface area (Å²) in [4.78, 5) is 10.0. The highest BCUT2D eigenvalue weighted by molar-refractivity contribution is 9.10. The molecule has 3 aromatic rings. The number of nitrogens with zero attached hydrogens (tertiary/aromatic N) is 3. The number of H-pyrrole nitrogens is 1. The summed E-state index contributed by atoms with van der Waals surface area (Å²) in [7, 11) is 0. The van der Waals surface area contributed by atoms with Crippen LogP contribution in [0.1, 0.15) is 6.92 Å². The maximum atomic E-state index is 4.55. The first-order valence-electron chi connectivity index (χ1n) is 6.14. The number of hydrogen-bond donors (Lipinski definition) is 2. The van der Waals surface area contributed by atoms with Gasteiger partial charge in [-0.25, -0.2) is 4.98 Å². The van der Waals surface area contributed by atoms with Gasteiger partial charge in [-0.15, -0.1) is 0 Å². The predicted octanol–water partition coefficient (Wildman–Crippen LogP) is 3.70. The lowest BCUT2D eigenvalue weighted by Gasteiger charge is -2.06. The standard InChI is InChI=1S/C13H12BrN5S/c1-2-15-13-17-11-10(7-16-19-11)12(18-13)20-9-5-3-4-8(14)6-9/h3-7H,2H2,1H3,(H2,15,16,17,18,19). The van der Waals surface area contributed by atoms with Crippen molar-refractivity contribution in [3.05, 3.63) is 34.9 Å². The summed E-state index contributed by atoms with van der Waals surface area (Å²) in [5.41, 5.74) is 0.744. The molecule has 0 fully saturated rings. The van der Waals surface area contributed by atoms with Gasteiger partial charge in [-0.2, -0.15) is 10.1 Å². The van der Waals surface area contributed by atoms with E-state index in [2.05, 4.69) is 53.5 Å². The van der Waals surface area contributed by atoms with E-state index < -0.39 is 0 Å². The van der Waals surface area contributed by atoms with Gasteiger partial charge in [-0.05, 0) is 25.1 Å². The fraction of sp³-hybridized carbons (Fsp3) is 0.154. The normalized spacial score (nSPS) is 10.9. The van der Waals surface area contributed by atoms with Crippen molar-refractivity contribution in [2.45, 2.75) is 16.8 Å². The Labute approximate surface area is 128 Å². The quantitative estimate of drug-likeness (QED) is 0.703. The lowest BCUT2D eigenvalue weighted by atomic mass is 10.4. The third-order valence-corrected chi connectivity index (χ3v) is 4.11. The van der Waals surface area contributed by atoms with Crippen LogP contribution in [0.25, 0.3) is 11.0 Å². The number of benzene rings is 1. The molecule has 0 unspecified atom stereocenters. The lowest BCUT2D eigenvalue weighted by molar-refractivity contribution is 1.04. The molecule has 0 amide bonds. The van der Waals surface area contributed by atoms with Gasteiger partial charge in [0.25, 0.3) is 0 Å². The van der Waals surface area contributed by atoms with Gasteiger partial charge in [0, 0.05) is 15.9 Å². The largest absolute Gasteiger partial charge is 0.354 e. The van der Waals surface area contributed by atoms with E-state index in [0.29, 0.717) is 5.95 Å². The lowest BCUT2D eigenvalue weighted by Crippen LogP contribution is -2.02. The van der Waals surface area contributed by atoms with Crippen LogP contribution >= 0.6 is 27.7 Å². The summed E-state index contributed by atoms with van der Waals surface area (Å²) in [6.45, 7) is 2.79. The van der Waals surface area contributed by atoms with Crippen LogP contribution in [-0.2, 0) is 0 Å². The van der Waals surface area contributed by atoms with Crippen molar-refractivity contribution in [2.75, 3.05) is 11.9 Å². The zero-order valence-corrected chi connectivity index (χ0v) is 13.1. The maximum Gasteiger partial charge on any atom is 0.225 e. The molecule has 20 heavy (non-hydrogen) atoms. The first-order chi connectivity index (χ1) is 9.76. The third-order valence-electron chi connectivity index (χ3n) is 2.62. The van der Waals surface area contributed by atoms with Crippen LogP contribution < -0.4 is 5.32 Å². The van der Waals surface area contributed by atoms with Gasteiger partial charge in [0.05, 0.1) is 11.6 Å².